The first-order valence-corrected chi connectivity index (χ1v) is 6.12. The third-order valence-corrected chi connectivity index (χ3v) is 2.46. The van der Waals surface area contributed by atoms with Crippen LogP contribution in [0.3, 0.4) is 0 Å². The van der Waals surface area contributed by atoms with Crippen LogP contribution in [0.4, 0.5) is 0 Å². The van der Waals surface area contributed by atoms with Crippen molar-refractivity contribution in [3.05, 3.63) is 41.2 Å². The molecule has 1 aromatic carbocycles. The monoisotopic (exact) mass is 266 g/mol. The summed E-state index contributed by atoms with van der Waals surface area (Å²) in [6.07, 6.45) is 1.80. The Labute approximate surface area is 111 Å². The summed E-state index contributed by atoms with van der Waals surface area (Å²) < 4.78 is 10.7. The van der Waals surface area contributed by atoms with Crippen molar-refractivity contribution in [2.75, 3.05) is 0 Å². The average molecular weight is 267 g/mol. The number of nitrogens with one attached hydrogen (secondary N) is 1. The molecule has 0 saturated carbocycles. The van der Waals surface area contributed by atoms with E-state index in [0.717, 1.165) is 5.69 Å². The zero-order valence-electron chi connectivity index (χ0n) is 10.3. The molecule has 0 atom stereocenters. The van der Waals surface area contributed by atoms with E-state index in [1.165, 1.54) is 0 Å². The van der Waals surface area contributed by atoms with Crippen LogP contribution in [0.5, 0.6) is 11.8 Å². The molecule has 5 heteroatoms. The molecule has 0 spiro atoms. The van der Waals surface area contributed by atoms with Gasteiger partial charge in [-0.15, -0.1) is 0 Å². The lowest BCUT2D eigenvalue weighted by molar-refractivity contribution is 0.331. The lowest BCUT2D eigenvalue weighted by atomic mass is 10.3. The van der Waals surface area contributed by atoms with Crippen molar-refractivity contribution in [2.45, 2.75) is 26.4 Å². The molecule has 0 aliphatic rings. The van der Waals surface area contributed by atoms with Crippen molar-refractivity contribution in [3.63, 3.8) is 0 Å². The van der Waals surface area contributed by atoms with Crippen LogP contribution in [0.15, 0.2) is 34.9 Å². The van der Waals surface area contributed by atoms with E-state index >= 15 is 0 Å². The molecule has 18 heavy (non-hydrogen) atoms. The minimum Gasteiger partial charge on any atom is -0.417 e. The van der Waals surface area contributed by atoms with Gasteiger partial charge in [-0.2, -0.15) is 4.98 Å². The van der Waals surface area contributed by atoms with Gasteiger partial charge in [0.15, 0.2) is 0 Å². The SMILES string of the molecule is CC(C)NCc1coc(Oc2cccc(Cl)c2)n1. The van der Waals surface area contributed by atoms with Gasteiger partial charge in [-0.05, 0) is 18.2 Å². The van der Waals surface area contributed by atoms with E-state index in [9.17, 15) is 0 Å². The smallest absolute Gasteiger partial charge is 0.399 e. The molecule has 2 aromatic rings. The van der Waals surface area contributed by atoms with E-state index in [2.05, 4.69) is 24.1 Å². The molecule has 0 radical (unpaired) electrons. The van der Waals surface area contributed by atoms with E-state index < -0.39 is 0 Å². The largest absolute Gasteiger partial charge is 0.417 e. The molecule has 1 aromatic heterocycles. The number of rotatable bonds is 5. The predicted octanol–water partition coefficient (Wildman–Crippen LogP) is 3.62. The van der Waals surface area contributed by atoms with Gasteiger partial charge in [0, 0.05) is 17.6 Å². The average Bonchev–Trinajstić information content (AvgIpc) is 2.74. The van der Waals surface area contributed by atoms with Gasteiger partial charge in [-0.1, -0.05) is 31.5 Å². The van der Waals surface area contributed by atoms with E-state index in [4.69, 9.17) is 20.8 Å². The summed E-state index contributed by atoms with van der Waals surface area (Å²) >= 11 is 5.86. The molecule has 0 saturated heterocycles. The van der Waals surface area contributed by atoms with Gasteiger partial charge >= 0.3 is 6.08 Å². The first kappa shape index (κ1) is 12.9. The summed E-state index contributed by atoms with van der Waals surface area (Å²) in [4.78, 5) is 4.21. The Bertz CT molecular complexity index is 511. The van der Waals surface area contributed by atoms with Crippen molar-refractivity contribution in [1.29, 1.82) is 0 Å². The maximum Gasteiger partial charge on any atom is 0.399 e. The van der Waals surface area contributed by atoms with Crippen LogP contribution in [-0.4, -0.2) is 11.0 Å². The topological polar surface area (TPSA) is 47.3 Å². The minimum atomic E-state index is 0.220. The number of benzene rings is 1. The maximum absolute atomic E-state index is 5.86. The summed E-state index contributed by atoms with van der Waals surface area (Å²) in [5.41, 5.74) is 0.806. The highest BCUT2D eigenvalue weighted by atomic mass is 35.5. The number of aromatic nitrogens is 1. The van der Waals surface area contributed by atoms with Crippen LogP contribution < -0.4 is 10.1 Å². The van der Waals surface area contributed by atoms with Crippen LogP contribution in [0.25, 0.3) is 0 Å². The molecule has 1 heterocycles. The fraction of sp³-hybridized carbons (Fsp3) is 0.308. The molecule has 0 bridgehead atoms. The Kier molecular flexibility index (Phi) is 4.23. The summed E-state index contributed by atoms with van der Waals surface area (Å²) in [7, 11) is 0. The van der Waals surface area contributed by atoms with Gasteiger partial charge in [0.1, 0.15) is 12.0 Å². The van der Waals surface area contributed by atoms with Crippen LogP contribution in [0.2, 0.25) is 5.02 Å². The summed E-state index contributed by atoms with van der Waals surface area (Å²) in [5, 5.41) is 3.86. The second-order valence-corrected chi connectivity index (χ2v) is 4.64. The van der Waals surface area contributed by atoms with Gasteiger partial charge in [0.25, 0.3) is 0 Å². The summed E-state index contributed by atoms with van der Waals surface area (Å²) in [6, 6.07) is 7.49. The fourth-order valence-corrected chi connectivity index (χ4v) is 1.54. The standard InChI is InChI=1S/C13H15ClN2O2/c1-9(2)15-7-11-8-17-13(16-11)18-12-5-3-4-10(14)6-12/h3-6,8-9,15H,7H2,1-2H3. The first-order valence-electron chi connectivity index (χ1n) is 5.74. The summed E-state index contributed by atoms with van der Waals surface area (Å²) in [6.45, 7) is 4.80. The van der Waals surface area contributed by atoms with Gasteiger partial charge in [-0.25, -0.2) is 0 Å². The number of hydrogen-bond donors (Lipinski definition) is 1. The molecule has 0 aliphatic heterocycles. The van der Waals surface area contributed by atoms with Crippen LogP contribution in [-0.2, 0) is 6.54 Å². The molecule has 1 N–H and O–H groups in total. The molecule has 0 unspecified atom stereocenters. The Morgan fingerprint density at radius 2 is 2.28 bits per heavy atom. The predicted molar refractivity (Wildman–Crippen MR) is 70.0 cm³/mol. The number of nitrogens with zero attached hydrogens (tertiary/aromatic N) is 1. The van der Waals surface area contributed by atoms with Crippen LogP contribution in [0, 0.1) is 0 Å². The van der Waals surface area contributed by atoms with Crippen molar-refractivity contribution >= 4 is 11.6 Å². The van der Waals surface area contributed by atoms with E-state index in [1.54, 1.807) is 24.5 Å². The highest BCUT2D eigenvalue weighted by Crippen LogP contribution is 2.23. The molecule has 4 nitrogen and oxygen atoms in total. The Hall–Kier alpha value is -1.52. The van der Waals surface area contributed by atoms with Gasteiger partial charge < -0.3 is 14.5 Å². The normalized spacial score (nSPS) is 10.9. The second kappa shape index (κ2) is 5.89. The minimum absolute atomic E-state index is 0.220. The second-order valence-electron chi connectivity index (χ2n) is 4.20. The van der Waals surface area contributed by atoms with Crippen LogP contribution in [0.1, 0.15) is 19.5 Å². The Morgan fingerprint density at radius 1 is 1.44 bits per heavy atom. The number of halogens is 1. The molecule has 0 fully saturated rings. The number of oxazole rings is 1. The van der Waals surface area contributed by atoms with E-state index in [0.29, 0.717) is 23.4 Å². The Morgan fingerprint density at radius 3 is 3.00 bits per heavy atom. The third-order valence-electron chi connectivity index (χ3n) is 2.22. The van der Waals surface area contributed by atoms with Crippen molar-refractivity contribution in [1.82, 2.24) is 10.3 Å². The zero-order chi connectivity index (χ0) is 13.0. The maximum atomic E-state index is 5.86. The van der Waals surface area contributed by atoms with Gasteiger partial charge in [0.05, 0.1) is 5.69 Å². The van der Waals surface area contributed by atoms with Gasteiger partial charge in [0.2, 0.25) is 0 Å². The lowest BCUT2D eigenvalue weighted by Crippen LogP contribution is -2.21. The summed E-state index contributed by atoms with van der Waals surface area (Å²) in [5.74, 6) is 0.604. The van der Waals surface area contributed by atoms with Crippen molar-refractivity contribution in [3.8, 4) is 11.8 Å². The number of hydrogen-bond acceptors (Lipinski definition) is 4. The van der Waals surface area contributed by atoms with E-state index in [1.807, 2.05) is 6.07 Å². The first-order chi connectivity index (χ1) is 8.63. The third kappa shape index (κ3) is 3.75. The number of ether oxygens (including phenoxy) is 1. The highest BCUT2D eigenvalue weighted by molar-refractivity contribution is 6.30. The van der Waals surface area contributed by atoms with Crippen molar-refractivity contribution in [2.24, 2.45) is 0 Å². The van der Waals surface area contributed by atoms with Gasteiger partial charge in [-0.3, -0.25) is 0 Å². The van der Waals surface area contributed by atoms with Crippen molar-refractivity contribution < 1.29 is 9.15 Å². The van der Waals surface area contributed by atoms with Crippen LogP contribution >= 0.6 is 11.6 Å². The lowest BCUT2D eigenvalue weighted by Gasteiger charge is -2.04. The Balaban J connectivity index is 1.98. The quantitative estimate of drug-likeness (QED) is 0.898. The highest BCUT2D eigenvalue weighted by Gasteiger charge is 2.07. The molecule has 2 rings (SSSR count). The molecule has 0 aliphatic carbocycles. The zero-order valence-corrected chi connectivity index (χ0v) is 11.1. The molecule has 0 amide bonds. The fourth-order valence-electron chi connectivity index (χ4n) is 1.36. The molecule has 96 valence electrons. The molecular weight excluding hydrogens is 252 g/mol. The molecular formula is C13H15ClN2O2. The van der Waals surface area contributed by atoms with E-state index in [-0.39, 0.29) is 6.08 Å².